The molecule has 2 aromatic carbocycles. The molecule has 0 atom stereocenters. The molecule has 0 aromatic heterocycles. The van der Waals surface area contributed by atoms with Crippen LogP contribution in [-0.2, 0) is 0 Å². The molecule has 0 bridgehead atoms. The van der Waals surface area contributed by atoms with Gasteiger partial charge in [-0.1, -0.05) is 12.1 Å². The van der Waals surface area contributed by atoms with Crippen molar-refractivity contribution in [3.05, 3.63) is 49.1 Å². The van der Waals surface area contributed by atoms with E-state index in [1.165, 1.54) is 12.1 Å². The Kier molecular flexibility index (Phi) is 2.86. The minimum atomic E-state index is -0.225. The van der Waals surface area contributed by atoms with Crippen LogP contribution in [0, 0.1) is 12.7 Å². The van der Waals surface area contributed by atoms with Crippen LogP contribution in [0.2, 0.25) is 0 Å². The fourth-order valence-corrected chi connectivity index (χ4v) is 1.48. The van der Waals surface area contributed by atoms with E-state index in [2.05, 4.69) is 6.92 Å². The van der Waals surface area contributed by atoms with Crippen LogP contribution < -0.4 is 4.74 Å². The van der Waals surface area contributed by atoms with Crippen LogP contribution in [0.25, 0.3) is 10.8 Å². The highest BCUT2D eigenvalue weighted by Crippen LogP contribution is 2.21. The first-order valence-electron chi connectivity index (χ1n) is 4.91. The molecular formula is C13H12FO. The Balaban J connectivity index is 2.36. The summed E-state index contributed by atoms with van der Waals surface area (Å²) in [6.07, 6.45) is 0.723. The van der Waals surface area contributed by atoms with Crippen molar-refractivity contribution >= 4 is 10.8 Å². The van der Waals surface area contributed by atoms with Gasteiger partial charge >= 0.3 is 0 Å². The molecule has 77 valence electrons. The second-order valence-corrected chi connectivity index (χ2v) is 3.36. The lowest BCUT2D eigenvalue weighted by atomic mass is 10.1. The molecule has 0 amide bonds. The lowest BCUT2D eigenvalue weighted by molar-refractivity contribution is 0.325. The van der Waals surface area contributed by atoms with Crippen molar-refractivity contribution in [3.63, 3.8) is 0 Å². The smallest absolute Gasteiger partial charge is 0.123 e. The summed E-state index contributed by atoms with van der Waals surface area (Å²) >= 11 is 0. The lowest BCUT2D eigenvalue weighted by Gasteiger charge is -2.05. The van der Waals surface area contributed by atoms with E-state index >= 15 is 0 Å². The van der Waals surface area contributed by atoms with Crippen LogP contribution >= 0.6 is 0 Å². The molecule has 0 aliphatic rings. The third-order valence-corrected chi connectivity index (χ3v) is 2.19. The summed E-state index contributed by atoms with van der Waals surface area (Å²) < 4.78 is 18.4. The molecule has 0 spiro atoms. The summed E-state index contributed by atoms with van der Waals surface area (Å²) in [7, 11) is 0. The third-order valence-electron chi connectivity index (χ3n) is 2.19. The summed E-state index contributed by atoms with van der Waals surface area (Å²) in [5.74, 6) is 0.536. The molecule has 2 heteroatoms. The highest BCUT2D eigenvalue weighted by Gasteiger charge is 1.98. The highest BCUT2D eigenvalue weighted by molar-refractivity contribution is 5.83. The van der Waals surface area contributed by atoms with Crippen molar-refractivity contribution in [3.8, 4) is 5.75 Å². The number of hydrogen-bond acceptors (Lipinski definition) is 1. The molecule has 0 aliphatic carbocycles. The SMILES string of the molecule is [CH2]CCOc1ccc2ccc(F)cc2c1. The van der Waals surface area contributed by atoms with Crippen molar-refractivity contribution in [1.29, 1.82) is 0 Å². The van der Waals surface area contributed by atoms with E-state index < -0.39 is 0 Å². The van der Waals surface area contributed by atoms with Crippen molar-refractivity contribution in [2.45, 2.75) is 6.42 Å². The van der Waals surface area contributed by atoms with E-state index in [4.69, 9.17) is 4.74 Å². The Morgan fingerprint density at radius 3 is 2.67 bits per heavy atom. The molecule has 2 aromatic rings. The Morgan fingerprint density at radius 2 is 1.87 bits per heavy atom. The molecule has 0 N–H and O–H groups in total. The Hall–Kier alpha value is -1.57. The summed E-state index contributed by atoms with van der Waals surface area (Å²) in [4.78, 5) is 0. The van der Waals surface area contributed by atoms with Gasteiger partial charge in [0, 0.05) is 0 Å². The molecule has 0 heterocycles. The molecule has 2 rings (SSSR count). The Bertz CT molecular complexity index is 465. The fraction of sp³-hybridized carbons (Fsp3) is 0.154. The first-order valence-corrected chi connectivity index (χ1v) is 4.91. The monoisotopic (exact) mass is 203 g/mol. The van der Waals surface area contributed by atoms with Crippen LogP contribution in [0.1, 0.15) is 6.42 Å². The van der Waals surface area contributed by atoms with E-state index in [-0.39, 0.29) is 5.82 Å². The van der Waals surface area contributed by atoms with Gasteiger partial charge in [-0.15, -0.1) is 0 Å². The van der Waals surface area contributed by atoms with Gasteiger partial charge in [0.15, 0.2) is 0 Å². The number of halogens is 1. The van der Waals surface area contributed by atoms with Crippen molar-refractivity contribution in [2.75, 3.05) is 6.61 Å². The maximum atomic E-state index is 13.0. The van der Waals surface area contributed by atoms with E-state index in [0.717, 1.165) is 22.9 Å². The maximum absolute atomic E-state index is 13.0. The number of fused-ring (bicyclic) bond motifs is 1. The maximum Gasteiger partial charge on any atom is 0.123 e. The highest BCUT2D eigenvalue weighted by atomic mass is 19.1. The zero-order valence-corrected chi connectivity index (χ0v) is 8.37. The number of rotatable bonds is 3. The van der Waals surface area contributed by atoms with E-state index in [0.29, 0.717) is 6.61 Å². The number of hydrogen-bond donors (Lipinski definition) is 0. The first kappa shape index (κ1) is 9.97. The Labute approximate surface area is 88.5 Å². The minimum Gasteiger partial charge on any atom is -0.494 e. The van der Waals surface area contributed by atoms with Crippen LogP contribution in [0.15, 0.2) is 36.4 Å². The molecule has 1 radical (unpaired) electrons. The third kappa shape index (κ3) is 2.27. The summed E-state index contributed by atoms with van der Waals surface area (Å²) in [6, 6.07) is 10.4. The average molecular weight is 203 g/mol. The van der Waals surface area contributed by atoms with E-state index in [1.54, 1.807) is 6.07 Å². The largest absolute Gasteiger partial charge is 0.494 e. The molecule has 15 heavy (non-hydrogen) atoms. The van der Waals surface area contributed by atoms with Crippen LogP contribution in [0.3, 0.4) is 0 Å². The fourth-order valence-electron chi connectivity index (χ4n) is 1.48. The molecule has 0 saturated carbocycles. The molecule has 0 fully saturated rings. The normalized spacial score (nSPS) is 10.5. The average Bonchev–Trinajstić information content (AvgIpc) is 2.25. The predicted molar refractivity (Wildman–Crippen MR) is 59.4 cm³/mol. The van der Waals surface area contributed by atoms with Crippen molar-refractivity contribution in [1.82, 2.24) is 0 Å². The van der Waals surface area contributed by atoms with Crippen molar-refractivity contribution < 1.29 is 9.13 Å². The quantitative estimate of drug-likeness (QED) is 0.740. The van der Waals surface area contributed by atoms with Gasteiger partial charge in [0.2, 0.25) is 0 Å². The predicted octanol–water partition coefficient (Wildman–Crippen LogP) is 3.58. The second kappa shape index (κ2) is 4.30. The molecule has 1 nitrogen and oxygen atoms in total. The summed E-state index contributed by atoms with van der Waals surface area (Å²) in [6.45, 7) is 4.28. The van der Waals surface area contributed by atoms with Gasteiger partial charge in [-0.2, -0.15) is 0 Å². The van der Waals surface area contributed by atoms with Gasteiger partial charge in [-0.25, -0.2) is 4.39 Å². The van der Waals surface area contributed by atoms with Gasteiger partial charge in [0.1, 0.15) is 11.6 Å². The zero-order chi connectivity index (χ0) is 10.7. The topological polar surface area (TPSA) is 9.23 Å². The van der Waals surface area contributed by atoms with Crippen molar-refractivity contribution in [2.24, 2.45) is 0 Å². The van der Waals surface area contributed by atoms with Crippen LogP contribution in [0.4, 0.5) is 4.39 Å². The Morgan fingerprint density at radius 1 is 1.07 bits per heavy atom. The van der Waals surface area contributed by atoms with Crippen LogP contribution in [-0.4, -0.2) is 6.61 Å². The zero-order valence-electron chi connectivity index (χ0n) is 8.37. The summed E-state index contributed by atoms with van der Waals surface area (Å²) in [5, 5.41) is 1.87. The van der Waals surface area contributed by atoms with Gasteiger partial charge in [-0.3, -0.25) is 0 Å². The van der Waals surface area contributed by atoms with Gasteiger partial charge in [0.05, 0.1) is 6.61 Å². The lowest BCUT2D eigenvalue weighted by Crippen LogP contribution is -1.94. The molecule has 0 saturated heterocycles. The first-order chi connectivity index (χ1) is 7.29. The van der Waals surface area contributed by atoms with Gasteiger partial charge < -0.3 is 4.74 Å². The van der Waals surface area contributed by atoms with Gasteiger partial charge in [0.25, 0.3) is 0 Å². The number of ether oxygens (including phenoxy) is 1. The van der Waals surface area contributed by atoms with Gasteiger partial charge in [-0.05, 0) is 48.4 Å². The molecule has 0 aliphatic heterocycles. The molecule has 0 unspecified atom stereocenters. The second-order valence-electron chi connectivity index (χ2n) is 3.36. The molecular weight excluding hydrogens is 191 g/mol. The van der Waals surface area contributed by atoms with E-state index in [9.17, 15) is 4.39 Å². The standard InChI is InChI=1S/C13H12FO/c1-2-7-15-13-6-4-10-3-5-12(14)8-11(10)9-13/h3-6,8-9H,1-2,7H2. The minimum absolute atomic E-state index is 0.225. The van der Waals surface area contributed by atoms with E-state index in [1.807, 2.05) is 18.2 Å². The number of benzene rings is 2. The van der Waals surface area contributed by atoms with Crippen LogP contribution in [0.5, 0.6) is 5.75 Å². The summed E-state index contributed by atoms with van der Waals surface area (Å²) in [5.41, 5.74) is 0.